The van der Waals surface area contributed by atoms with E-state index in [1.807, 2.05) is 24.3 Å². The monoisotopic (exact) mass is 254 g/mol. The number of benzene rings is 2. The Morgan fingerprint density at radius 2 is 1.42 bits per heavy atom. The Morgan fingerprint density at radius 3 is 1.84 bits per heavy atom. The molecule has 0 unspecified atom stereocenters. The zero-order valence-corrected chi connectivity index (χ0v) is 11.3. The van der Waals surface area contributed by atoms with E-state index >= 15 is 0 Å². The topological polar surface area (TPSA) is 37.3 Å². The van der Waals surface area contributed by atoms with E-state index < -0.39 is 5.97 Å². The molecule has 19 heavy (non-hydrogen) atoms. The second kappa shape index (κ2) is 5.70. The van der Waals surface area contributed by atoms with Crippen LogP contribution in [-0.2, 0) is 11.2 Å². The van der Waals surface area contributed by atoms with Crippen LogP contribution in [0.4, 0.5) is 0 Å². The lowest BCUT2D eigenvalue weighted by Gasteiger charge is -2.07. The molecule has 0 aliphatic rings. The number of carboxylic acids is 1. The Kier molecular flexibility index (Phi) is 4.00. The van der Waals surface area contributed by atoms with Crippen LogP contribution in [0, 0.1) is 0 Å². The molecule has 1 N–H and O–H groups in total. The maximum atomic E-state index is 10.6. The average Bonchev–Trinajstić information content (AvgIpc) is 2.39. The second-order valence-corrected chi connectivity index (χ2v) is 5.04. The highest BCUT2D eigenvalue weighted by atomic mass is 16.4. The van der Waals surface area contributed by atoms with Crippen molar-refractivity contribution in [1.82, 2.24) is 0 Å². The summed E-state index contributed by atoms with van der Waals surface area (Å²) in [7, 11) is 0. The highest BCUT2D eigenvalue weighted by Crippen LogP contribution is 2.23. The summed E-state index contributed by atoms with van der Waals surface area (Å²) in [4.78, 5) is 10.6. The van der Waals surface area contributed by atoms with Crippen molar-refractivity contribution in [3.8, 4) is 11.1 Å². The average molecular weight is 254 g/mol. The van der Waals surface area contributed by atoms with Crippen molar-refractivity contribution >= 4 is 5.97 Å². The Bertz CT molecular complexity index is 551. The van der Waals surface area contributed by atoms with Gasteiger partial charge >= 0.3 is 5.97 Å². The molecule has 0 amide bonds. The van der Waals surface area contributed by atoms with Gasteiger partial charge in [-0.1, -0.05) is 62.4 Å². The summed E-state index contributed by atoms with van der Waals surface area (Å²) in [5.74, 6) is -0.263. The highest BCUT2D eigenvalue weighted by Gasteiger charge is 2.03. The van der Waals surface area contributed by atoms with Crippen LogP contribution in [0.5, 0.6) is 0 Å². The fraction of sp³-hybridized carbons (Fsp3) is 0.235. The van der Waals surface area contributed by atoms with Crippen molar-refractivity contribution in [3.63, 3.8) is 0 Å². The first-order valence-electron chi connectivity index (χ1n) is 6.47. The first-order chi connectivity index (χ1) is 9.06. The molecule has 0 aliphatic carbocycles. The van der Waals surface area contributed by atoms with Gasteiger partial charge in [-0.15, -0.1) is 0 Å². The van der Waals surface area contributed by atoms with E-state index in [2.05, 4.69) is 38.1 Å². The molecule has 2 rings (SSSR count). The molecule has 0 radical (unpaired) electrons. The van der Waals surface area contributed by atoms with Crippen molar-refractivity contribution in [1.29, 1.82) is 0 Å². The molecule has 2 heteroatoms. The van der Waals surface area contributed by atoms with Crippen molar-refractivity contribution in [3.05, 3.63) is 59.7 Å². The van der Waals surface area contributed by atoms with Gasteiger partial charge < -0.3 is 5.11 Å². The first kappa shape index (κ1) is 13.3. The molecular formula is C17H18O2. The summed E-state index contributed by atoms with van der Waals surface area (Å²) in [5, 5.41) is 8.74. The molecule has 2 nitrogen and oxygen atoms in total. The van der Waals surface area contributed by atoms with E-state index in [9.17, 15) is 4.79 Å². The Balaban J connectivity index is 2.19. The van der Waals surface area contributed by atoms with Crippen molar-refractivity contribution in [2.24, 2.45) is 0 Å². The van der Waals surface area contributed by atoms with Crippen LogP contribution < -0.4 is 0 Å². The van der Waals surface area contributed by atoms with Crippen LogP contribution in [0.1, 0.15) is 30.9 Å². The summed E-state index contributed by atoms with van der Waals surface area (Å²) in [5.41, 5.74) is 4.43. The van der Waals surface area contributed by atoms with Gasteiger partial charge in [0.2, 0.25) is 0 Å². The number of hydrogen-bond acceptors (Lipinski definition) is 1. The summed E-state index contributed by atoms with van der Waals surface area (Å²) >= 11 is 0. The minimum Gasteiger partial charge on any atom is -0.481 e. The number of carbonyl (C=O) groups is 1. The fourth-order valence-corrected chi connectivity index (χ4v) is 2.05. The molecule has 0 saturated carbocycles. The molecule has 98 valence electrons. The predicted octanol–water partition coefficient (Wildman–Crippen LogP) is 4.10. The van der Waals surface area contributed by atoms with E-state index in [4.69, 9.17) is 5.11 Å². The van der Waals surface area contributed by atoms with Gasteiger partial charge in [0.15, 0.2) is 0 Å². The summed E-state index contributed by atoms with van der Waals surface area (Å²) in [6, 6.07) is 16.2. The molecular weight excluding hydrogens is 236 g/mol. The highest BCUT2D eigenvalue weighted by molar-refractivity contribution is 5.71. The SMILES string of the molecule is CC(C)c1ccc(-c2ccc(CC(=O)O)cc2)cc1. The van der Waals surface area contributed by atoms with Crippen LogP contribution in [0.25, 0.3) is 11.1 Å². The molecule has 0 bridgehead atoms. The fourth-order valence-electron chi connectivity index (χ4n) is 2.05. The van der Waals surface area contributed by atoms with Gasteiger partial charge in [0.05, 0.1) is 6.42 Å². The molecule has 0 saturated heterocycles. The van der Waals surface area contributed by atoms with Gasteiger partial charge in [0.1, 0.15) is 0 Å². The minimum atomic E-state index is -0.797. The number of rotatable bonds is 4. The number of carboxylic acid groups (broad SMARTS) is 1. The molecule has 0 atom stereocenters. The van der Waals surface area contributed by atoms with E-state index in [-0.39, 0.29) is 6.42 Å². The number of hydrogen-bond donors (Lipinski definition) is 1. The third-order valence-corrected chi connectivity index (χ3v) is 3.22. The van der Waals surface area contributed by atoms with E-state index in [0.717, 1.165) is 16.7 Å². The standard InChI is InChI=1S/C17H18O2/c1-12(2)14-7-9-16(10-8-14)15-5-3-13(4-6-15)11-17(18)19/h3-10,12H,11H2,1-2H3,(H,18,19). The Hall–Kier alpha value is -2.09. The molecule has 0 spiro atoms. The third kappa shape index (κ3) is 3.44. The molecule has 2 aromatic carbocycles. The maximum Gasteiger partial charge on any atom is 0.307 e. The summed E-state index contributed by atoms with van der Waals surface area (Å²) < 4.78 is 0. The van der Waals surface area contributed by atoms with Crippen molar-refractivity contribution in [2.45, 2.75) is 26.2 Å². The zero-order valence-electron chi connectivity index (χ0n) is 11.3. The lowest BCUT2D eigenvalue weighted by atomic mass is 9.98. The molecule has 0 fully saturated rings. The second-order valence-electron chi connectivity index (χ2n) is 5.04. The van der Waals surface area contributed by atoms with E-state index in [0.29, 0.717) is 5.92 Å². The van der Waals surface area contributed by atoms with Crippen LogP contribution >= 0.6 is 0 Å². The van der Waals surface area contributed by atoms with Crippen LogP contribution in [0.15, 0.2) is 48.5 Å². The maximum absolute atomic E-state index is 10.6. The lowest BCUT2D eigenvalue weighted by Crippen LogP contribution is -1.99. The smallest absolute Gasteiger partial charge is 0.307 e. The first-order valence-corrected chi connectivity index (χ1v) is 6.47. The third-order valence-electron chi connectivity index (χ3n) is 3.22. The largest absolute Gasteiger partial charge is 0.481 e. The van der Waals surface area contributed by atoms with Crippen molar-refractivity contribution < 1.29 is 9.90 Å². The summed E-state index contributed by atoms with van der Waals surface area (Å²) in [6.45, 7) is 4.35. The van der Waals surface area contributed by atoms with Gasteiger partial charge in [0, 0.05) is 0 Å². The Labute approximate surface area is 113 Å². The predicted molar refractivity (Wildman–Crippen MR) is 77.3 cm³/mol. The zero-order chi connectivity index (χ0) is 13.8. The van der Waals surface area contributed by atoms with Crippen molar-refractivity contribution in [2.75, 3.05) is 0 Å². The van der Waals surface area contributed by atoms with Gasteiger partial charge in [-0.25, -0.2) is 0 Å². The normalized spacial score (nSPS) is 10.7. The van der Waals surface area contributed by atoms with Gasteiger partial charge in [0.25, 0.3) is 0 Å². The molecule has 0 aromatic heterocycles. The molecule has 0 aliphatic heterocycles. The molecule has 2 aromatic rings. The van der Waals surface area contributed by atoms with E-state index in [1.54, 1.807) is 0 Å². The number of aliphatic carboxylic acids is 1. The van der Waals surface area contributed by atoms with Gasteiger partial charge in [-0.05, 0) is 28.2 Å². The van der Waals surface area contributed by atoms with Gasteiger partial charge in [-0.3, -0.25) is 4.79 Å². The van der Waals surface area contributed by atoms with E-state index in [1.165, 1.54) is 5.56 Å². The molecule has 0 heterocycles. The van der Waals surface area contributed by atoms with Gasteiger partial charge in [-0.2, -0.15) is 0 Å². The summed E-state index contributed by atoms with van der Waals surface area (Å²) in [6.07, 6.45) is 0.0760. The van der Waals surface area contributed by atoms with Crippen LogP contribution in [0.3, 0.4) is 0 Å². The lowest BCUT2D eigenvalue weighted by molar-refractivity contribution is -0.136. The van der Waals surface area contributed by atoms with Crippen LogP contribution in [0.2, 0.25) is 0 Å². The quantitative estimate of drug-likeness (QED) is 0.891. The minimum absolute atomic E-state index is 0.0760. The van der Waals surface area contributed by atoms with Crippen LogP contribution in [-0.4, -0.2) is 11.1 Å². The Morgan fingerprint density at radius 1 is 0.947 bits per heavy atom.